The van der Waals surface area contributed by atoms with Crippen molar-refractivity contribution in [1.29, 1.82) is 0 Å². The molecule has 20 heavy (non-hydrogen) atoms. The van der Waals surface area contributed by atoms with E-state index in [4.69, 9.17) is 11.6 Å². The molecular formula is C14H20ClN3O2. The predicted octanol–water partition coefficient (Wildman–Crippen LogP) is 2.96. The van der Waals surface area contributed by atoms with Gasteiger partial charge >= 0.3 is 6.03 Å². The van der Waals surface area contributed by atoms with Crippen LogP contribution in [0.4, 0.5) is 10.5 Å². The number of carbonyl (C=O) groups excluding carboxylic acids is 2. The van der Waals surface area contributed by atoms with E-state index in [0.717, 1.165) is 12.8 Å². The first-order chi connectivity index (χ1) is 9.49. The summed E-state index contributed by atoms with van der Waals surface area (Å²) in [6, 6.07) is 4.52. The Morgan fingerprint density at radius 1 is 1.35 bits per heavy atom. The minimum Gasteiger partial charge on any atom is -0.355 e. The smallest absolute Gasteiger partial charge is 0.321 e. The van der Waals surface area contributed by atoms with Crippen LogP contribution >= 0.6 is 11.6 Å². The zero-order chi connectivity index (χ0) is 15.1. The summed E-state index contributed by atoms with van der Waals surface area (Å²) in [5, 5.41) is 5.64. The maximum Gasteiger partial charge on any atom is 0.321 e. The average Bonchev–Trinajstić information content (AvgIpc) is 2.45. The number of benzene rings is 1. The zero-order valence-electron chi connectivity index (χ0n) is 12.0. The van der Waals surface area contributed by atoms with Gasteiger partial charge in [0.05, 0.1) is 10.7 Å². The topological polar surface area (TPSA) is 61.4 Å². The van der Waals surface area contributed by atoms with Crippen LogP contribution in [-0.4, -0.2) is 37.5 Å². The number of unbranched alkanes of at least 4 members (excludes halogenated alkanes) is 1. The normalized spacial score (nSPS) is 10.0. The number of hydrogen-bond acceptors (Lipinski definition) is 2. The summed E-state index contributed by atoms with van der Waals surface area (Å²) in [7, 11) is 3.27. The van der Waals surface area contributed by atoms with Crippen molar-refractivity contribution >= 4 is 29.2 Å². The Hall–Kier alpha value is -1.75. The Kier molecular flexibility index (Phi) is 6.31. The van der Waals surface area contributed by atoms with Gasteiger partial charge in [0.25, 0.3) is 5.91 Å². The highest BCUT2D eigenvalue weighted by molar-refractivity contribution is 6.33. The number of urea groups is 1. The molecule has 1 aromatic carbocycles. The number of halogens is 1. The molecule has 0 radical (unpaired) electrons. The SMILES string of the molecule is CCCCN(C)C(=O)Nc1cc(C(=O)NC)ccc1Cl. The van der Waals surface area contributed by atoms with Gasteiger partial charge in [0, 0.05) is 26.2 Å². The van der Waals surface area contributed by atoms with E-state index in [1.54, 1.807) is 37.2 Å². The van der Waals surface area contributed by atoms with E-state index >= 15 is 0 Å². The van der Waals surface area contributed by atoms with Crippen molar-refractivity contribution < 1.29 is 9.59 Å². The first-order valence-electron chi connectivity index (χ1n) is 6.53. The van der Waals surface area contributed by atoms with E-state index in [0.29, 0.717) is 22.8 Å². The number of amides is 3. The van der Waals surface area contributed by atoms with Crippen LogP contribution in [0, 0.1) is 0 Å². The molecule has 0 saturated carbocycles. The average molecular weight is 298 g/mol. The molecule has 0 atom stereocenters. The maximum atomic E-state index is 12.0. The standard InChI is InChI=1S/C14H20ClN3O2/c1-4-5-8-18(3)14(20)17-12-9-10(13(19)16-2)6-7-11(12)15/h6-7,9H,4-5,8H2,1-3H3,(H,16,19)(H,17,20). The Labute approximate surface area is 124 Å². The number of carbonyl (C=O) groups is 2. The van der Waals surface area contributed by atoms with Gasteiger partial charge in [-0.1, -0.05) is 24.9 Å². The number of nitrogens with zero attached hydrogens (tertiary/aromatic N) is 1. The minimum atomic E-state index is -0.241. The molecule has 0 aliphatic rings. The fourth-order valence-corrected chi connectivity index (χ4v) is 1.78. The van der Waals surface area contributed by atoms with Crippen molar-refractivity contribution in [2.24, 2.45) is 0 Å². The summed E-state index contributed by atoms with van der Waals surface area (Å²) in [5.41, 5.74) is 0.879. The Morgan fingerprint density at radius 3 is 2.65 bits per heavy atom. The van der Waals surface area contributed by atoms with Gasteiger partial charge in [-0.15, -0.1) is 0 Å². The quantitative estimate of drug-likeness (QED) is 0.878. The summed E-state index contributed by atoms with van der Waals surface area (Å²) in [6.07, 6.45) is 1.96. The Bertz CT molecular complexity index is 491. The third-order valence-corrected chi connectivity index (χ3v) is 3.22. The second-order valence-corrected chi connectivity index (χ2v) is 4.89. The number of hydrogen-bond donors (Lipinski definition) is 2. The van der Waals surface area contributed by atoms with Crippen molar-refractivity contribution in [2.45, 2.75) is 19.8 Å². The van der Waals surface area contributed by atoms with Crippen LogP contribution in [0.3, 0.4) is 0 Å². The van der Waals surface area contributed by atoms with Crippen LogP contribution < -0.4 is 10.6 Å². The molecule has 0 saturated heterocycles. The molecule has 1 aromatic rings. The predicted molar refractivity (Wildman–Crippen MR) is 81.4 cm³/mol. The third kappa shape index (κ3) is 4.42. The molecule has 0 spiro atoms. The number of rotatable bonds is 5. The molecule has 0 unspecified atom stereocenters. The molecule has 0 aromatic heterocycles. The molecule has 3 amide bonds. The van der Waals surface area contributed by atoms with Crippen LogP contribution in [0.25, 0.3) is 0 Å². The lowest BCUT2D eigenvalue weighted by Gasteiger charge is -2.18. The van der Waals surface area contributed by atoms with E-state index in [1.165, 1.54) is 0 Å². The molecule has 5 nitrogen and oxygen atoms in total. The fourth-order valence-electron chi connectivity index (χ4n) is 1.61. The summed E-state index contributed by atoms with van der Waals surface area (Å²) < 4.78 is 0. The highest BCUT2D eigenvalue weighted by Gasteiger charge is 2.12. The van der Waals surface area contributed by atoms with Gasteiger partial charge in [-0.3, -0.25) is 4.79 Å². The molecule has 0 aliphatic heterocycles. The van der Waals surface area contributed by atoms with Crippen molar-refractivity contribution in [3.8, 4) is 0 Å². The lowest BCUT2D eigenvalue weighted by Crippen LogP contribution is -2.32. The molecule has 2 N–H and O–H groups in total. The van der Waals surface area contributed by atoms with Crippen LogP contribution in [0.1, 0.15) is 30.1 Å². The number of nitrogens with one attached hydrogen (secondary N) is 2. The lowest BCUT2D eigenvalue weighted by molar-refractivity contribution is 0.0963. The van der Waals surface area contributed by atoms with Gasteiger partial charge in [-0.05, 0) is 24.6 Å². The Balaban J connectivity index is 2.80. The molecule has 0 bridgehead atoms. The van der Waals surface area contributed by atoms with Crippen LogP contribution in [-0.2, 0) is 0 Å². The summed E-state index contributed by atoms with van der Waals surface area (Å²) in [4.78, 5) is 25.1. The molecule has 110 valence electrons. The van der Waals surface area contributed by atoms with Crippen LogP contribution in [0.15, 0.2) is 18.2 Å². The minimum absolute atomic E-state index is 0.225. The molecular weight excluding hydrogens is 278 g/mol. The summed E-state index contributed by atoms with van der Waals surface area (Å²) in [6.45, 7) is 2.74. The Morgan fingerprint density at radius 2 is 2.05 bits per heavy atom. The monoisotopic (exact) mass is 297 g/mol. The second kappa shape index (κ2) is 7.75. The number of anilines is 1. The van der Waals surface area contributed by atoms with E-state index in [2.05, 4.69) is 17.6 Å². The van der Waals surface area contributed by atoms with Gasteiger partial charge in [0.15, 0.2) is 0 Å². The molecule has 0 fully saturated rings. The van der Waals surface area contributed by atoms with Crippen molar-refractivity contribution in [3.05, 3.63) is 28.8 Å². The highest BCUT2D eigenvalue weighted by atomic mass is 35.5. The lowest BCUT2D eigenvalue weighted by atomic mass is 10.2. The van der Waals surface area contributed by atoms with Crippen molar-refractivity contribution in [3.63, 3.8) is 0 Å². The second-order valence-electron chi connectivity index (χ2n) is 4.48. The molecule has 0 aliphatic carbocycles. The molecule has 1 rings (SSSR count). The third-order valence-electron chi connectivity index (χ3n) is 2.89. The highest BCUT2D eigenvalue weighted by Crippen LogP contribution is 2.23. The van der Waals surface area contributed by atoms with Crippen LogP contribution in [0.5, 0.6) is 0 Å². The van der Waals surface area contributed by atoms with E-state index in [9.17, 15) is 9.59 Å². The van der Waals surface area contributed by atoms with Gasteiger partial charge in [-0.25, -0.2) is 4.79 Å². The van der Waals surface area contributed by atoms with Crippen LogP contribution in [0.2, 0.25) is 5.02 Å². The first kappa shape index (κ1) is 16.3. The van der Waals surface area contributed by atoms with E-state index < -0.39 is 0 Å². The molecule has 6 heteroatoms. The van der Waals surface area contributed by atoms with Gasteiger partial charge in [-0.2, -0.15) is 0 Å². The summed E-state index contributed by atoms with van der Waals surface area (Å²) in [5.74, 6) is -0.225. The van der Waals surface area contributed by atoms with Crippen molar-refractivity contribution in [1.82, 2.24) is 10.2 Å². The van der Waals surface area contributed by atoms with Gasteiger partial charge in [0.2, 0.25) is 0 Å². The largest absolute Gasteiger partial charge is 0.355 e. The van der Waals surface area contributed by atoms with Gasteiger partial charge in [0.1, 0.15) is 0 Å². The van der Waals surface area contributed by atoms with E-state index in [1.807, 2.05) is 0 Å². The van der Waals surface area contributed by atoms with Gasteiger partial charge < -0.3 is 15.5 Å². The zero-order valence-corrected chi connectivity index (χ0v) is 12.8. The van der Waals surface area contributed by atoms with Crippen molar-refractivity contribution in [2.75, 3.05) is 26.0 Å². The van der Waals surface area contributed by atoms with E-state index in [-0.39, 0.29) is 11.9 Å². The maximum absolute atomic E-state index is 12.0. The molecule has 0 heterocycles. The first-order valence-corrected chi connectivity index (χ1v) is 6.91. The summed E-state index contributed by atoms with van der Waals surface area (Å²) >= 11 is 6.03. The fraction of sp³-hybridized carbons (Fsp3) is 0.429.